The molecule has 1 N–H and O–H groups in total. The second-order valence-corrected chi connectivity index (χ2v) is 4.33. The molecule has 1 amide bonds. The summed E-state index contributed by atoms with van der Waals surface area (Å²) in [7, 11) is 0. The van der Waals surface area contributed by atoms with Gasteiger partial charge in [-0.3, -0.25) is 9.48 Å². The first-order valence-electron chi connectivity index (χ1n) is 6.25. The van der Waals surface area contributed by atoms with Gasteiger partial charge in [0, 0.05) is 19.3 Å². The molecule has 100 valence electrons. The molecule has 6 nitrogen and oxygen atoms in total. The molecular formula is C12H19N3O3. The fourth-order valence-corrected chi connectivity index (χ4v) is 2.18. The number of aromatic nitrogens is 2. The van der Waals surface area contributed by atoms with Crippen molar-refractivity contribution in [3.05, 3.63) is 18.0 Å². The quantitative estimate of drug-likeness (QED) is 0.821. The van der Waals surface area contributed by atoms with E-state index in [1.54, 1.807) is 11.1 Å². The van der Waals surface area contributed by atoms with Gasteiger partial charge in [0.05, 0.1) is 24.9 Å². The van der Waals surface area contributed by atoms with E-state index in [4.69, 9.17) is 4.74 Å². The maximum absolute atomic E-state index is 12.1. The smallest absolute Gasteiger partial charge is 0.249 e. The number of aliphatic hydroxyl groups excluding tert-OH is 1. The van der Waals surface area contributed by atoms with Crippen molar-refractivity contribution in [3.8, 4) is 0 Å². The number of carbonyl (C=O) groups is 1. The molecule has 0 fully saturated rings. The number of ether oxygens (including phenoxy) is 1. The number of amides is 1. The maximum Gasteiger partial charge on any atom is 0.249 e. The Morgan fingerprint density at radius 1 is 1.67 bits per heavy atom. The number of rotatable bonds is 4. The topological polar surface area (TPSA) is 67.6 Å². The van der Waals surface area contributed by atoms with Gasteiger partial charge in [-0.1, -0.05) is 0 Å². The molecular weight excluding hydrogens is 234 g/mol. The molecule has 0 radical (unpaired) electrons. The summed E-state index contributed by atoms with van der Waals surface area (Å²) in [5, 5.41) is 13.6. The second-order valence-electron chi connectivity index (χ2n) is 4.33. The third kappa shape index (κ3) is 2.70. The van der Waals surface area contributed by atoms with Crippen molar-refractivity contribution in [3.63, 3.8) is 0 Å². The highest BCUT2D eigenvalue weighted by Gasteiger charge is 2.27. The van der Waals surface area contributed by atoms with Crippen LogP contribution in [0.2, 0.25) is 0 Å². The van der Waals surface area contributed by atoms with Gasteiger partial charge in [-0.2, -0.15) is 5.10 Å². The molecule has 0 saturated heterocycles. The third-order valence-corrected chi connectivity index (χ3v) is 3.21. The second kappa shape index (κ2) is 5.97. The van der Waals surface area contributed by atoms with Crippen LogP contribution in [0, 0.1) is 0 Å². The summed E-state index contributed by atoms with van der Waals surface area (Å²) >= 11 is 0. The largest absolute Gasteiger partial charge is 0.394 e. The number of hydrogen-bond acceptors (Lipinski definition) is 4. The molecule has 2 heterocycles. The molecule has 0 aromatic carbocycles. The Labute approximate surface area is 106 Å². The van der Waals surface area contributed by atoms with Gasteiger partial charge in [0.25, 0.3) is 0 Å². The molecule has 0 spiro atoms. The SMILES string of the molecule is CCOCC(=O)N1Cc2ccnn2CC[C@@H]1CO. The summed E-state index contributed by atoms with van der Waals surface area (Å²) in [4.78, 5) is 13.8. The summed E-state index contributed by atoms with van der Waals surface area (Å²) in [5.74, 6) is -0.0782. The first-order chi connectivity index (χ1) is 8.76. The Balaban J connectivity index is 2.12. The molecule has 0 aliphatic carbocycles. The van der Waals surface area contributed by atoms with Crippen molar-refractivity contribution in [1.29, 1.82) is 0 Å². The number of aryl methyl sites for hydroxylation is 1. The summed E-state index contributed by atoms with van der Waals surface area (Å²) in [6.07, 6.45) is 2.45. The van der Waals surface area contributed by atoms with Crippen LogP contribution in [0.25, 0.3) is 0 Å². The Kier molecular flexibility index (Phi) is 4.33. The highest BCUT2D eigenvalue weighted by molar-refractivity contribution is 5.77. The van der Waals surface area contributed by atoms with E-state index >= 15 is 0 Å². The molecule has 1 aliphatic rings. The highest BCUT2D eigenvalue weighted by Crippen LogP contribution is 2.17. The number of aliphatic hydroxyl groups is 1. The lowest BCUT2D eigenvalue weighted by Gasteiger charge is -2.28. The molecule has 0 saturated carbocycles. The third-order valence-electron chi connectivity index (χ3n) is 3.21. The molecule has 1 aromatic rings. The van der Waals surface area contributed by atoms with E-state index in [9.17, 15) is 9.90 Å². The zero-order valence-electron chi connectivity index (χ0n) is 10.6. The lowest BCUT2D eigenvalue weighted by Crippen LogP contribution is -2.43. The lowest BCUT2D eigenvalue weighted by molar-refractivity contribution is -0.140. The van der Waals surface area contributed by atoms with Gasteiger partial charge in [-0.15, -0.1) is 0 Å². The maximum atomic E-state index is 12.1. The van der Waals surface area contributed by atoms with Crippen LogP contribution < -0.4 is 0 Å². The lowest BCUT2D eigenvalue weighted by atomic mass is 10.2. The number of nitrogens with zero attached hydrogens (tertiary/aromatic N) is 3. The van der Waals surface area contributed by atoms with E-state index < -0.39 is 0 Å². The number of fused-ring (bicyclic) bond motifs is 1. The molecule has 1 aromatic heterocycles. The summed E-state index contributed by atoms with van der Waals surface area (Å²) < 4.78 is 7.04. The zero-order chi connectivity index (χ0) is 13.0. The Morgan fingerprint density at radius 3 is 3.22 bits per heavy atom. The van der Waals surface area contributed by atoms with E-state index in [2.05, 4.69) is 5.10 Å². The summed E-state index contributed by atoms with van der Waals surface area (Å²) in [6.45, 7) is 3.63. The van der Waals surface area contributed by atoms with Gasteiger partial charge in [0.1, 0.15) is 6.61 Å². The van der Waals surface area contributed by atoms with E-state index in [0.717, 1.165) is 12.2 Å². The molecule has 2 rings (SSSR count). The normalized spacial score (nSPS) is 19.4. The predicted octanol–water partition coefficient (Wildman–Crippen LogP) is 0.0128. The average Bonchev–Trinajstić information content (AvgIpc) is 2.75. The minimum atomic E-state index is -0.153. The monoisotopic (exact) mass is 253 g/mol. The van der Waals surface area contributed by atoms with E-state index in [1.807, 2.05) is 17.7 Å². The first kappa shape index (κ1) is 13.0. The van der Waals surface area contributed by atoms with Gasteiger partial charge < -0.3 is 14.7 Å². The van der Waals surface area contributed by atoms with Gasteiger partial charge in [0.2, 0.25) is 5.91 Å². The summed E-state index contributed by atoms with van der Waals surface area (Å²) in [5.41, 5.74) is 0.996. The van der Waals surface area contributed by atoms with E-state index in [0.29, 0.717) is 19.6 Å². The highest BCUT2D eigenvalue weighted by atomic mass is 16.5. The minimum Gasteiger partial charge on any atom is -0.394 e. The van der Waals surface area contributed by atoms with Crippen molar-refractivity contribution < 1.29 is 14.6 Å². The van der Waals surface area contributed by atoms with Crippen molar-refractivity contribution in [2.75, 3.05) is 19.8 Å². The first-order valence-corrected chi connectivity index (χ1v) is 6.25. The fraction of sp³-hybridized carbons (Fsp3) is 0.667. The molecule has 18 heavy (non-hydrogen) atoms. The van der Waals surface area contributed by atoms with Crippen LogP contribution in [0.5, 0.6) is 0 Å². The minimum absolute atomic E-state index is 0.0251. The Hall–Kier alpha value is -1.40. The van der Waals surface area contributed by atoms with Gasteiger partial charge in [-0.05, 0) is 19.4 Å². The van der Waals surface area contributed by atoms with Gasteiger partial charge in [-0.25, -0.2) is 0 Å². The zero-order valence-corrected chi connectivity index (χ0v) is 10.6. The Bertz CT molecular complexity index is 405. The van der Waals surface area contributed by atoms with Gasteiger partial charge >= 0.3 is 0 Å². The van der Waals surface area contributed by atoms with Crippen LogP contribution in [0.4, 0.5) is 0 Å². The van der Waals surface area contributed by atoms with E-state index in [1.165, 1.54) is 0 Å². The van der Waals surface area contributed by atoms with Crippen LogP contribution in [0.15, 0.2) is 12.3 Å². The molecule has 6 heteroatoms. The van der Waals surface area contributed by atoms with Gasteiger partial charge in [0.15, 0.2) is 0 Å². The molecule has 1 atom stereocenters. The fourth-order valence-electron chi connectivity index (χ4n) is 2.18. The van der Waals surface area contributed by atoms with Crippen LogP contribution >= 0.6 is 0 Å². The Morgan fingerprint density at radius 2 is 2.50 bits per heavy atom. The van der Waals surface area contributed by atoms with Crippen molar-refractivity contribution in [1.82, 2.24) is 14.7 Å². The number of carbonyl (C=O) groups excluding carboxylic acids is 1. The van der Waals surface area contributed by atoms with Crippen molar-refractivity contribution in [2.45, 2.75) is 32.5 Å². The molecule has 0 unspecified atom stereocenters. The van der Waals surface area contributed by atoms with Crippen LogP contribution in [0.1, 0.15) is 19.0 Å². The standard InChI is InChI=1S/C12H19N3O3/c1-2-18-9-12(17)14-7-10-3-5-13-15(10)6-4-11(14)8-16/h3,5,11,16H,2,4,6-9H2,1H3/t11-/m1/s1. The number of hydrogen-bond donors (Lipinski definition) is 1. The van der Waals surface area contributed by atoms with Crippen LogP contribution in [-0.2, 0) is 22.6 Å². The predicted molar refractivity (Wildman–Crippen MR) is 64.8 cm³/mol. The molecule has 1 aliphatic heterocycles. The summed E-state index contributed by atoms with van der Waals surface area (Å²) in [6, 6.07) is 1.75. The average molecular weight is 253 g/mol. The van der Waals surface area contributed by atoms with E-state index in [-0.39, 0.29) is 25.2 Å². The van der Waals surface area contributed by atoms with Crippen LogP contribution in [0.3, 0.4) is 0 Å². The molecule has 0 bridgehead atoms. The van der Waals surface area contributed by atoms with Crippen molar-refractivity contribution >= 4 is 5.91 Å². The van der Waals surface area contributed by atoms with Crippen LogP contribution in [-0.4, -0.2) is 51.6 Å². The van der Waals surface area contributed by atoms with Crippen molar-refractivity contribution in [2.24, 2.45) is 0 Å².